The van der Waals surface area contributed by atoms with E-state index in [0.717, 1.165) is 29.4 Å². The van der Waals surface area contributed by atoms with Crippen molar-refractivity contribution in [2.75, 3.05) is 18.5 Å². The van der Waals surface area contributed by atoms with Gasteiger partial charge in [0.05, 0.1) is 19.8 Å². The highest BCUT2D eigenvalue weighted by atomic mass is 35.5. The fourth-order valence-electron chi connectivity index (χ4n) is 1.91. The van der Waals surface area contributed by atoms with Crippen LogP contribution in [-0.2, 0) is 6.54 Å². The van der Waals surface area contributed by atoms with Crippen molar-refractivity contribution in [1.29, 1.82) is 0 Å². The molecule has 0 radical (unpaired) electrons. The van der Waals surface area contributed by atoms with E-state index in [2.05, 4.69) is 5.32 Å². The van der Waals surface area contributed by atoms with Crippen molar-refractivity contribution < 1.29 is 13.9 Å². The fraction of sp³-hybridized carbons (Fsp3) is 0.286. The van der Waals surface area contributed by atoms with Crippen LogP contribution in [0.15, 0.2) is 34.7 Å². The van der Waals surface area contributed by atoms with Gasteiger partial charge in [-0.1, -0.05) is 0 Å². The molecule has 1 aliphatic heterocycles. The zero-order valence-corrected chi connectivity index (χ0v) is 11.1. The molecule has 1 aromatic carbocycles. The molecule has 0 fully saturated rings. The first kappa shape index (κ1) is 12.2. The van der Waals surface area contributed by atoms with Gasteiger partial charge in [0.2, 0.25) is 0 Å². The number of hydrogen-bond acceptors (Lipinski definition) is 4. The predicted octanol–water partition coefficient (Wildman–Crippen LogP) is 3.71. The molecule has 100 valence electrons. The molecular weight excluding hydrogens is 266 g/mol. The first-order valence-electron chi connectivity index (χ1n) is 6.19. The van der Waals surface area contributed by atoms with Crippen LogP contribution in [0.1, 0.15) is 12.2 Å². The van der Waals surface area contributed by atoms with Gasteiger partial charge in [0.25, 0.3) is 0 Å². The van der Waals surface area contributed by atoms with Gasteiger partial charge in [-0.05, 0) is 35.9 Å². The Hall–Kier alpha value is -1.81. The zero-order chi connectivity index (χ0) is 13.1. The highest BCUT2D eigenvalue weighted by Gasteiger charge is 2.10. The molecule has 5 heteroatoms. The molecule has 0 aliphatic carbocycles. The minimum absolute atomic E-state index is 0.399. The molecule has 0 amide bonds. The van der Waals surface area contributed by atoms with Gasteiger partial charge in [-0.3, -0.25) is 0 Å². The Morgan fingerprint density at radius 2 is 1.89 bits per heavy atom. The molecule has 2 aromatic rings. The third-order valence-corrected chi connectivity index (χ3v) is 3.05. The van der Waals surface area contributed by atoms with Gasteiger partial charge < -0.3 is 19.2 Å². The van der Waals surface area contributed by atoms with E-state index < -0.39 is 0 Å². The van der Waals surface area contributed by atoms with E-state index in [4.69, 9.17) is 25.5 Å². The number of furan rings is 1. The van der Waals surface area contributed by atoms with Crippen LogP contribution in [0.25, 0.3) is 0 Å². The summed E-state index contributed by atoms with van der Waals surface area (Å²) in [4.78, 5) is 0. The topological polar surface area (TPSA) is 43.6 Å². The number of fused-ring (bicyclic) bond motifs is 1. The highest BCUT2D eigenvalue weighted by Crippen LogP contribution is 2.32. The first-order chi connectivity index (χ1) is 9.31. The Kier molecular flexibility index (Phi) is 3.51. The lowest BCUT2D eigenvalue weighted by atomic mass is 10.2. The van der Waals surface area contributed by atoms with Gasteiger partial charge in [-0.25, -0.2) is 0 Å². The molecule has 4 nitrogen and oxygen atoms in total. The summed E-state index contributed by atoms with van der Waals surface area (Å²) in [5, 5.41) is 3.66. The molecule has 1 aliphatic rings. The first-order valence-corrected chi connectivity index (χ1v) is 6.57. The average molecular weight is 280 g/mol. The normalized spacial score (nSPS) is 13.9. The maximum absolute atomic E-state index is 5.72. The number of hydrogen-bond donors (Lipinski definition) is 1. The van der Waals surface area contributed by atoms with Crippen LogP contribution >= 0.6 is 11.6 Å². The molecule has 2 heterocycles. The van der Waals surface area contributed by atoms with Crippen LogP contribution in [0.3, 0.4) is 0 Å². The second kappa shape index (κ2) is 5.45. The van der Waals surface area contributed by atoms with Crippen molar-refractivity contribution in [2.45, 2.75) is 13.0 Å². The minimum atomic E-state index is 0.399. The molecule has 0 bridgehead atoms. The van der Waals surface area contributed by atoms with Crippen molar-refractivity contribution in [3.8, 4) is 11.5 Å². The zero-order valence-electron chi connectivity index (χ0n) is 10.3. The average Bonchev–Trinajstić information content (AvgIpc) is 2.70. The maximum Gasteiger partial charge on any atom is 0.193 e. The summed E-state index contributed by atoms with van der Waals surface area (Å²) in [7, 11) is 0. The molecule has 3 rings (SSSR count). The molecule has 0 saturated carbocycles. The number of benzene rings is 1. The van der Waals surface area contributed by atoms with Crippen molar-refractivity contribution >= 4 is 17.3 Å². The van der Waals surface area contributed by atoms with E-state index >= 15 is 0 Å². The summed E-state index contributed by atoms with van der Waals surface area (Å²) >= 11 is 5.72. The van der Waals surface area contributed by atoms with Crippen LogP contribution < -0.4 is 14.8 Å². The standard InChI is InChI=1S/C14H14ClNO3/c15-14-5-3-11(19-14)9-16-10-2-4-12-13(8-10)18-7-1-6-17-12/h2-5,8,16H,1,6-7,9H2. The van der Waals surface area contributed by atoms with Gasteiger partial charge in [-0.15, -0.1) is 0 Å². The lowest BCUT2D eigenvalue weighted by Crippen LogP contribution is -1.99. The Labute approximate surface area is 116 Å². The highest BCUT2D eigenvalue weighted by molar-refractivity contribution is 6.28. The van der Waals surface area contributed by atoms with Crippen molar-refractivity contribution in [3.63, 3.8) is 0 Å². The number of anilines is 1. The Morgan fingerprint density at radius 1 is 1.05 bits per heavy atom. The molecule has 1 N–H and O–H groups in total. The van der Waals surface area contributed by atoms with E-state index in [9.17, 15) is 0 Å². The van der Waals surface area contributed by atoms with Crippen LogP contribution in [-0.4, -0.2) is 13.2 Å². The van der Waals surface area contributed by atoms with E-state index in [1.54, 1.807) is 6.07 Å². The largest absolute Gasteiger partial charge is 0.490 e. The minimum Gasteiger partial charge on any atom is -0.490 e. The van der Waals surface area contributed by atoms with Crippen LogP contribution in [0.2, 0.25) is 5.22 Å². The second-order valence-corrected chi connectivity index (χ2v) is 4.64. The SMILES string of the molecule is Clc1ccc(CNc2ccc3c(c2)OCCCO3)o1. The molecule has 1 aromatic heterocycles. The second-order valence-electron chi connectivity index (χ2n) is 4.27. The summed E-state index contributed by atoms with van der Waals surface area (Å²) in [6.45, 7) is 1.96. The van der Waals surface area contributed by atoms with Crippen molar-refractivity contribution in [1.82, 2.24) is 0 Å². The maximum atomic E-state index is 5.72. The van der Waals surface area contributed by atoms with E-state index in [0.29, 0.717) is 25.0 Å². The summed E-state index contributed by atoms with van der Waals surface area (Å²) in [5.41, 5.74) is 0.955. The van der Waals surface area contributed by atoms with E-state index in [-0.39, 0.29) is 0 Å². The molecule has 0 spiro atoms. The molecule has 0 unspecified atom stereocenters. The quantitative estimate of drug-likeness (QED) is 0.930. The Balaban J connectivity index is 1.69. The molecular formula is C14H14ClNO3. The van der Waals surface area contributed by atoms with Crippen molar-refractivity contribution in [3.05, 3.63) is 41.3 Å². The third-order valence-electron chi connectivity index (χ3n) is 2.84. The van der Waals surface area contributed by atoms with Gasteiger partial charge in [0.15, 0.2) is 16.7 Å². The van der Waals surface area contributed by atoms with E-state index in [1.165, 1.54) is 0 Å². The van der Waals surface area contributed by atoms with Crippen LogP contribution in [0, 0.1) is 0 Å². The monoisotopic (exact) mass is 279 g/mol. The summed E-state index contributed by atoms with van der Waals surface area (Å²) in [5.74, 6) is 2.36. The molecule has 0 atom stereocenters. The summed E-state index contributed by atoms with van der Waals surface area (Å²) in [6.07, 6.45) is 0.905. The number of nitrogens with one attached hydrogen (secondary N) is 1. The lowest BCUT2D eigenvalue weighted by molar-refractivity contribution is 0.297. The van der Waals surface area contributed by atoms with Gasteiger partial charge >= 0.3 is 0 Å². The van der Waals surface area contributed by atoms with Gasteiger partial charge in [0.1, 0.15) is 5.76 Å². The summed E-state index contributed by atoms with van der Waals surface area (Å²) in [6, 6.07) is 9.38. The van der Waals surface area contributed by atoms with Crippen molar-refractivity contribution in [2.24, 2.45) is 0 Å². The van der Waals surface area contributed by atoms with Gasteiger partial charge in [-0.2, -0.15) is 0 Å². The number of rotatable bonds is 3. The fourth-order valence-corrected chi connectivity index (χ4v) is 2.07. The van der Waals surface area contributed by atoms with Gasteiger partial charge in [0, 0.05) is 18.2 Å². The van der Waals surface area contributed by atoms with Crippen LogP contribution in [0.4, 0.5) is 5.69 Å². The predicted molar refractivity (Wildman–Crippen MR) is 73.1 cm³/mol. The molecule has 19 heavy (non-hydrogen) atoms. The number of halogens is 1. The number of ether oxygens (including phenoxy) is 2. The third kappa shape index (κ3) is 2.96. The Bertz CT molecular complexity index is 568. The van der Waals surface area contributed by atoms with Crippen LogP contribution in [0.5, 0.6) is 11.5 Å². The Morgan fingerprint density at radius 3 is 2.68 bits per heavy atom. The van der Waals surface area contributed by atoms with E-state index in [1.807, 2.05) is 24.3 Å². The lowest BCUT2D eigenvalue weighted by Gasteiger charge is -2.10. The smallest absolute Gasteiger partial charge is 0.193 e. The molecule has 0 saturated heterocycles. The summed E-state index contributed by atoms with van der Waals surface area (Å²) < 4.78 is 16.5.